The number of amides is 1. The standard InChI is InChI=1S/C11H12BrClFNO/c1-2-15(6-5-13)11(16)9-7-8(12)3-4-10(9)14/h3-4,7H,2,5-6H2,1H3. The van der Waals surface area contributed by atoms with Crippen LogP contribution in [0.4, 0.5) is 4.39 Å². The van der Waals surface area contributed by atoms with Gasteiger partial charge in [-0.05, 0) is 25.1 Å². The SMILES string of the molecule is CCN(CCCl)C(=O)c1cc(Br)ccc1F. The summed E-state index contributed by atoms with van der Waals surface area (Å²) >= 11 is 8.79. The average molecular weight is 309 g/mol. The van der Waals surface area contributed by atoms with E-state index in [1.165, 1.54) is 17.0 Å². The van der Waals surface area contributed by atoms with Gasteiger partial charge in [-0.15, -0.1) is 11.6 Å². The summed E-state index contributed by atoms with van der Waals surface area (Å²) in [5.74, 6) is -0.502. The quantitative estimate of drug-likeness (QED) is 0.782. The molecule has 0 radical (unpaired) electrons. The van der Waals surface area contributed by atoms with Crippen molar-refractivity contribution in [3.8, 4) is 0 Å². The van der Waals surface area contributed by atoms with Crippen LogP contribution in [0.15, 0.2) is 22.7 Å². The molecule has 88 valence electrons. The molecule has 0 aliphatic rings. The van der Waals surface area contributed by atoms with E-state index in [0.717, 1.165) is 0 Å². The van der Waals surface area contributed by atoms with Crippen molar-refractivity contribution < 1.29 is 9.18 Å². The van der Waals surface area contributed by atoms with Gasteiger partial charge >= 0.3 is 0 Å². The van der Waals surface area contributed by atoms with Crippen molar-refractivity contribution in [3.05, 3.63) is 34.1 Å². The number of nitrogens with zero attached hydrogens (tertiary/aromatic N) is 1. The van der Waals surface area contributed by atoms with Crippen LogP contribution in [0.25, 0.3) is 0 Å². The summed E-state index contributed by atoms with van der Waals surface area (Å²) in [7, 11) is 0. The molecule has 0 saturated heterocycles. The number of halogens is 3. The first kappa shape index (κ1) is 13.5. The molecule has 0 fully saturated rings. The van der Waals surface area contributed by atoms with Gasteiger partial charge in [0.1, 0.15) is 5.82 Å². The summed E-state index contributed by atoms with van der Waals surface area (Å²) in [5.41, 5.74) is 0.0707. The van der Waals surface area contributed by atoms with E-state index in [4.69, 9.17) is 11.6 Å². The summed E-state index contributed by atoms with van der Waals surface area (Å²) in [4.78, 5) is 13.5. The molecule has 0 unspecified atom stereocenters. The molecule has 0 bridgehead atoms. The van der Waals surface area contributed by atoms with E-state index in [1.807, 2.05) is 6.92 Å². The fourth-order valence-corrected chi connectivity index (χ4v) is 1.90. The molecule has 5 heteroatoms. The highest BCUT2D eigenvalue weighted by atomic mass is 79.9. The first-order valence-electron chi connectivity index (χ1n) is 4.90. The minimum Gasteiger partial charge on any atom is -0.338 e. The first-order valence-corrected chi connectivity index (χ1v) is 6.23. The van der Waals surface area contributed by atoms with Crippen molar-refractivity contribution in [1.29, 1.82) is 0 Å². The molecule has 1 aromatic rings. The molecule has 0 N–H and O–H groups in total. The Bertz CT molecular complexity index is 386. The lowest BCUT2D eigenvalue weighted by molar-refractivity contribution is 0.0769. The minimum atomic E-state index is -0.513. The van der Waals surface area contributed by atoms with E-state index in [1.54, 1.807) is 6.07 Å². The lowest BCUT2D eigenvalue weighted by Crippen LogP contribution is -2.33. The number of rotatable bonds is 4. The Hall–Kier alpha value is -0.610. The monoisotopic (exact) mass is 307 g/mol. The van der Waals surface area contributed by atoms with Gasteiger partial charge < -0.3 is 4.90 Å². The Labute approximate surface area is 108 Å². The van der Waals surface area contributed by atoms with E-state index in [-0.39, 0.29) is 11.5 Å². The molecular weight excluding hydrogens is 296 g/mol. The van der Waals surface area contributed by atoms with Crippen molar-refractivity contribution in [3.63, 3.8) is 0 Å². The third kappa shape index (κ3) is 3.19. The molecule has 1 rings (SSSR count). The summed E-state index contributed by atoms with van der Waals surface area (Å²) in [6.45, 7) is 2.76. The second-order valence-electron chi connectivity index (χ2n) is 3.20. The minimum absolute atomic E-state index is 0.0707. The molecular formula is C11H12BrClFNO. The highest BCUT2D eigenvalue weighted by molar-refractivity contribution is 9.10. The molecule has 1 amide bonds. The van der Waals surface area contributed by atoms with Crippen LogP contribution in [0.1, 0.15) is 17.3 Å². The van der Waals surface area contributed by atoms with Crippen LogP contribution in [-0.2, 0) is 0 Å². The van der Waals surface area contributed by atoms with Gasteiger partial charge in [-0.3, -0.25) is 4.79 Å². The highest BCUT2D eigenvalue weighted by Gasteiger charge is 2.17. The van der Waals surface area contributed by atoms with Gasteiger partial charge in [-0.1, -0.05) is 15.9 Å². The Morgan fingerprint density at radius 2 is 2.25 bits per heavy atom. The number of carbonyl (C=O) groups excluding carboxylic acids is 1. The van der Waals surface area contributed by atoms with Gasteiger partial charge in [-0.25, -0.2) is 4.39 Å². The van der Waals surface area contributed by atoms with E-state index in [0.29, 0.717) is 23.4 Å². The third-order valence-corrected chi connectivity index (χ3v) is 2.84. The lowest BCUT2D eigenvalue weighted by Gasteiger charge is -2.19. The zero-order chi connectivity index (χ0) is 12.1. The maximum atomic E-state index is 13.5. The van der Waals surface area contributed by atoms with Gasteiger partial charge in [0, 0.05) is 23.4 Å². The maximum Gasteiger partial charge on any atom is 0.256 e. The second kappa shape index (κ2) is 6.21. The molecule has 2 nitrogen and oxygen atoms in total. The van der Waals surface area contributed by atoms with Crippen molar-refractivity contribution in [2.24, 2.45) is 0 Å². The lowest BCUT2D eigenvalue weighted by atomic mass is 10.2. The van der Waals surface area contributed by atoms with Crippen molar-refractivity contribution >= 4 is 33.4 Å². The average Bonchev–Trinajstić information content (AvgIpc) is 2.28. The van der Waals surface area contributed by atoms with Crippen LogP contribution >= 0.6 is 27.5 Å². The summed E-state index contributed by atoms with van der Waals surface area (Å²) < 4.78 is 14.1. The molecule has 0 aromatic heterocycles. The van der Waals surface area contributed by atoms with E-state index >= 15 is 0 Å². The highest BCUT2D eigenvalue weighted by Crippen LogP contribution is 2.17. The van der Waals surface area contributed by atoms with Gasteiger partial charge in [0.25, 0.3) is 5.91 Å². The number of alkyl halides is 1. The van der Waals surface area contributed by atoms with E-state index < -0.39 is 5.82 Å². The first-order chi connectivity index (χ1) is 7.60. The molecule has 1 aromatic carbocycles. The molecule has 0 saturated carbocycles. The number of benzene rings is 1. The predicted octanol–water partition coefficient (Wildman–Crippen LogP) is 3.29. The van der Waals surface area contributed by atoms with Gasteiger partial charge in [0.2, 0.25) is 0 Å². The smallest absolute Gasteiger partial charge is 0.256 e. The topological polar surface area (TPSA) is 20.3 Å². The normalized spacial score (nSPS) is 10.2. The molecule has 16 heavy (non-hydrogen) atoms. The van der Waals surface area contributed by atoms with Gasteiger partial charge in [-0.2, -0.15) is 0 Å². The number of hydrogen-bond donors (Lipinski definition) is 0. The zero-order valence-electron chi connectivity index (χ0n) is 8.84. The molecule has 0 aliphatic carbocycles. The van der Waals surface area contributed by atoms with Crippen molar-refractivity contribution in [1.82, 2.24) is 4.90 Å². The van der Waals surface area contributed by atoms with Crippen molar-refractivity contribution in [2.45, 2.75) is 6.92 Å². The van der Waals surface area contributed by atoms with Crippen LogP contribution in [-0.4, -0.2) is 29.8 Å². The summed E-state index contributed by atoms with van der Waals surface area (Å²) in [6, 6.07) is 4.31. The number of carbonyl (C=O) groups is 1. The fraction of sp³-hybridized carbons (Fsp3) is 0.364. The Morgan fingerprint density at radius 3 is 2.81 bits per heavy atom. The third-order valence-electron chi connectivity index (χ3n) is 2.18. The Kier molecular flexibility index (Phi) is 5.22. The predicted molar refractivity (Wildman–Crippen MR) is 66.4 cm³/mol. The maximum absolute atomic E-state index is 13.5. The van der Waals surface area contributed by atoms with Crippen LogP contribution in [0.5, 0.6) is 0 Å². The Morgan fingerprint density at radius 1 is 1.56 bits per heavy atom. The van der Waals surface area contributed by atoms with E-state index in [9.17, 15) is 9.18 Å². The van der Waals surface area contributed by atoms with Gasteiger partial charge in [0.05, 0.1) is 5.56 Å². The summed E-state index contributed by atoms with van der Waals surface area (Å²) in [5, 5.41) is 0. The second-order valence-corrected chi connectivity index (χ2v) is 4.49. The molecule has 0 heterocycles. The van der Waals surface area contributed by atoms with Crippen LogP contribution in [0, 0.1) is 5.82 Å². The van der Waals surface area contributed by atoms with Crippen LogP contribution in [0.2, 0.25) is 0 Å². The molecule has 0 atom stereocenters. The largest absolute Gasteiger partial charge is 0.338 e. The zero-order valence-corrected chi connectivity index (χ0v) is 11.2. The number of hydrogen-bond acceptors (Lipinski definition) is 1. The van der Waals surface area contributed by atoms with Crippen molar-refractivity contribution in [2.75, 3.05) is 19.0 Å². The molecule has 0 spiro atoms. The Balaban J connectivity index is 2.98. The van der Waals surface area contributed by atoms with Crippen LogP contribution < -0.4 is 0 Å². The molecule has 0 aliphatic heterocycles. The van der Waals surface area contributed by atoms with E-state index in [2.05, 4.69) is 15.9 Å². The summed E-state index contributed by atoms with van der Waals surface area (Å²) in [6.07, 6.45) is 0. The van der Waals surface area contributed by atoms with Gasteiger partial charge in [0.15, 0.2) is 0 Å². The fourth-order valence-electron chi connectivity index (χ4n) is 1.34. The van der Waals surface area contributed by atoms with Crippen LogP contribution in [0.3, 0.4) is 0 Å².